The normalized spacial score (nSPS) is 11.2. The van der Waals surface area contributed by atoms with Crippen LogP contribution in [0.3, 0.4) is 0 Å². The molecule has 0 atom stereocenters. The fourth-order valence-electron chi connectivity index (χ4n) is 1.45. The van der Waals surface area contributed by atoms with Crippen LogP contribution in [0.1, 0.15) is 6.92 Å². The smallest absolute Gasteiger partial charge is 0.243 e. The number of carbonyl (C=O) groups excluding carboxylic acids is 1. The second-order valence-electron chi connectivity index (χ2n) is 4.33. The Morgan fingerprint density at radius 3 is 2.53 bits per heavy atom. The van der Waals surface area contributed by atoms with Gasteiger partial charge in [-0.05, 0) is 19.1 Å². The summed E-state index contributed by atoms with van der Waals surface area (Å²) in [5.41, 5.74) is 0. The van der Waals surface area contributed by atoms with Crippen molar-refractivity contribution in [1.82, 2.24) is 20.1 Å². The fraction of sp³-hybridized carbons (Fsp3) is 0.538. The Morgan fingerprint density at radius 2 is 1.95 bits per heavy atom. The first kappa shape index (κ1) is 15.1. The lowest BCUT2D eigenvalue weighted by molar-refractivity contribution is -0.127. The maximum Gasteiger partial charge on any atom is 0.243 e. The van der Waals surface area contributed by atoms with Gasteiger partial charge in [-0.15, -0.1) is 0 Å². The Labute approximate surface area is 114 Å². The second-order valence-corrected chi connectivity index (χ2v) is 4.33. The Kier molecular flexibility index (Phi) is 6.49. The van der Waals surface area contributed by atoms with Gasteiger partial charge >= 0.3 is 0 Å². The Balaban J connectivity index is 2.38. The highest BCUT2D eigenvalue weighted by molar-refractivity contribution is 5.84. The standard InChI is InChI=1S/C13H23N5O/c1-4-14-13(16-11-12(19)17(2)3)15-7-10-18-8-5-6-9-18/h5-6,8-9H,4,7,10-11H2,1-3H3,(H2,14,15,16). The number of amides is 1. The van der Waals surface area contributed by atoms with E-state index in [1.165, 1.54) is 4.90 Å². The molecule has 6 heteroatoms. The van der Waals surface area contributed by atoms with Crippen LogP contribution in [0.15, 0.2) is 29.5 Å². The highest BCUT2D eigenvalue weighted by Crippen LogP contribution is 1.88. The molecule has 6 nitrogen and oxygen atoms in total. The summed E-state index contributed by atoms with van der Waals surface area (Å²) in [6, 6.07) is 3.99. The van der Waals surface area contributed by atoms with E-state index in [0.29, 0.717) is 5.96 Å². The molecular formula is C13H23N5O. The minimum absolute atomic E-state index is 0.0115. The number of hydrogen-bond donors (Lipinski definition) is 2. The minimum Gasteiger partial charge on any atom is -0.357 e. The van der Waals surface area contributed by atoms with Gasteiger partial charge in [0.2, 0.25) is 5.91 Å². The van der Waals surface area contributed by atoms with E-state index >= 15 is 0 Å². The second kappa shape index (κ2) is 8.18. The number of carbonyl (C=O) groups is 1. The van der Waals surface area contributed by atoms with Crippen molar-refractivity contribution in [3.05, 3.63) is 24.5 Å². The molecule has 0 aromatic carbocycles. The van der Waals surface area contributed by atoms with Crippen molar-refractivity contribution in [3.63, 3.8) is 0 Å². The zero-order valence-electron chi connectivity index (χ0n) is 11.9. The molecule has 1 aromatic heterocycles. The van der Waals surface area contributed by atoms with Gasteiger partial charge < -0.3 is 20.1 Å². The number of hydrogen-bond acceptors (Lipinski definition) is 2. The number of rotatable bonds is 6. The van der Waals surface area contributed by atoms with E-state index in [9.17, 15) is 4.79 Å². The first-order valence-corrected chi connectivity index (χ1v) is 6.46. The molecule has 0 bridgehead atoms. The van der Waals surface area contributed by atoms with E-state index < -0.39 is 0 Å². The van der Waals surface area contributed by atoms with Crippen LogP contribution < -0.4 is 10.6 Å². The largest absolute Gasteiger partial charge is 0.357 e. The lowest BCUT2D eigenvalue weighted by Gasteiger charge is -2.13. The molecule has 0 saturated heterocycles. The molecule has 1 aromatic rings. The van der Waals surface area contributed by atoms with Crippen LogP contribution in [0.4, 0.5) is 0 Å². The van der Waals surface area contributed by atoms with Crippen molar-refractivity contribution in [2.75, 3.05) is 33.7 Å². The van der Waals surface area contributed by atoms with Gasteiger partial charge in [-0.1, -0.05) is 0 Å². The molecule has 19 heavy (non-hydrogen) atoms. The molecule has 0 aliphatic carbocycles. The molecule has 1 amide bonds. The van der Waals surface area contributed by atoms with Crippen molar-refractivity contribution >= 4 is 11.9 Å². The van der Waals surface area contributed by atoms with Gasteiger partial charge in [-0.3, -0.25) is 4.79 Å². The van der Waals surface area contributed by atoms with Crippen molar-refractivity contribution in [1.29, 1.82) is 0 Å². The molecular weight excluding hydrogens is 242 g/mol. The van der Waals surface area contributed by atoms with Gasteiger partial charge in [0.05, 0.1) is 0 Å². The Hall–Kier alpha value is -1.98. The predicted molar refractivity (Wildman–Crippen MR) is 77.1 cm³/mol. The molecule has 0 fully saturated rings. The number of likely N-dealkylation sites (N-methyl/N-ethyl adjacent to an activating group) is 1. The summed E-state index contributed by atoms with van der Waals surface area (Å²) in [4.78, 5) is 17.3. The SMILES string of the molecule is CCNC(=NCC(=O)N(C)C)NCCn1cccc1. The summed E-state index contributed by atoms with van der Waals surface area (Å²) >= 11 is 0. The average molecular weight is 265 g/mol. The predicted octanol–water partition coefficient (Wildman–Crippen LogP) is 0.131. The van der Waals surface area contributed by atoms with E-state index in [4.69, 9.17) is 0 Å². The lowest BCUT2D eigenvalue weighted by Crippen LogP contribution is -2.39. The van der Waals surface area contributed by atoms with E-state index in [1.807, 2.05) is 31.5 Å². The number of guanidine groups is 1. The molecule has 0 aliphatic heterocycles. The summed E-state index contributed by atoms with van der Waals surface area (Å²) in [7, 11) is 3.45. The Bertz CT molecular complexity index is 397. The van der Waals surface area contributed by atoms with Gasteiger partial charge in [-0.25, -0.2) is 4.99 Å². The van der Waals surface area contributed by atoms with Gasteiger partial charge in [-0.2, -0.15) is 0 Å². The first-order chi connectivity index (χ1) is 9.13. The molecule has 0 spiro atoms. The highest BCUT2D eigenvalue weighted by Gasteiger charge is 2.03. The maximum atomic E-state index is 11.5. The third-order valence-electron chi connectivity index (χ3n) is 2.54. The molecule has 106 valence electrons. The van der Waals surface area contributed by atoms with Crippen LogP contribution in [-0.2, 0) is 11.3 Å². The van der Waals surface area contributed by atoms with Crippen LogP contribution in [-0.4, -0.2) is 55.1 Å². The molecule has 1 rings (SSSR count). The van der Waals surface area contributed by atoms with E-state index in [1.54, 1.807) is 14.1 Å². The lowest BCUT2D eigenvalue weighted by atomic mass is 10.5. The highest BCUT2D eigenvalue weighted by atomic mass is 16.2. The number of aliphatic imine (C=N–C) groups is 1. The molecule has 1 heterocycles. The monoisotopic (exact) mass is 265 g/mol. The van der Waals surface area contributed by atoms with Crippen molar-refractivity contribution in [2.24, 2.45) is 4.99 Å². The summed E-state index contributed by atoms with van der Waals surface area (Å²) < 4.78 is 2.08. The van der Waals surface area contributed by atoms with E-state index in [-0.39, 0.29) is 12.5 Å². The van der Waals surface area contributed by atoms with Crippen LogP contribution in [0.25, 0.3) is 0 Å². The number of nitrogens with zero attached hydrogens (tertiary/aromatic N) is 3. The topological polar surface area (TPSA) is 61.7 Å². The van der Waals surface area contributed by atoms with Gasteiger partial charge in [0.1, 0.15) is 6.54 Å². The van der Waals surface area contributed by atoms with Crippen LogP contribution in [0, 0.1) is 0 Å². The average Bonchev–Trinajstić information content (AvgIpc) is 2.88. The van der Waals surface area contributed by atoms with Crippen LogP contribution >= 0.6 is 0 Å². The Morgan fingerprint density at radius 1 is 1.26 bits per heavy atom. The summed E-state index contributed by atoms with van der Waals surface area (Å²) in [5, 5.41) is 6.32. The summed E-state index contributed by atoms with van der Waals surface area (Å²) in [5.74, 6) is 0.660. The van der Waals surface area contributed by atoms with Gasteiger partial charge in [0.25, 0.3) is 0 Å². The van der Waals surface area contributed by atoms with Crippen LogP contribution in [0.2, 0.25) is 0 Å². The third-order valence-corrected chi connectivity index (χ3v) is 2.54. The van der Waals surface area contributed by atoms with Crippen molar-refractivity contribution < 1.29 is 4.79 Å². The number of nitrogens with one attached hydrogen (secondary N) is 2. The zero-order valence-corrected chi connectivity index (χ0v) is 11.9. The number of aromatic nitrogens is 1. The van der Waals surface area contributed by atoms with Gasteiger partial charge in [0.15, 0.2) is 5.96 Å². The van der Waals surface area contributed by atoms with Crippen molar-refractivity contribution in [3.8, 4) is 0 Å². The zero-order chi connectivity index (χ0) is 14.1. The molecule has 0 radical (unpaired) electrons. The minimum atomic E-state index is -0.0115. The van der Waals surface area contributed by atoms with Crippen LogP contribution in [0.5, 0.6) is 0 Å². The quantitative estimate of drug-likeness (QED) is 0.568. The van der Waals surface area contributed by atoms with Crippen molar-refractivity contribution in [2.45, 2.75) is 13.5 Å². The molecule has 0 unspecified atom stereocenters. The third kappa shape index (κ3) is 5.94. The molecule has 2 N–H and O–H groups in total. The molecule has 0 aliphatic rings. The van der Waals surface area contributed by atoms with Gasteiger partial charge in [0, 0.05) is 46.1 Å². The van der Waals surface area contributed by atoms with E-state index in [2.05, 4.69) is 20.2 Å². The summed E-state index contributed by atoms with van der Waals surface area (Å²) in [6.07, 6.45) is 4.03. The van der Waals surface area contributed by atoms with E-state index in [0.717, 1.165) is 19.6 Å². The first-order valence-electron chi connectivity index (χ1n) is 6.46. The molecule has 0 saturated carbocycles. The fourth-order valence-corrected chi connectivity index (χ4v) is 1.45. The maximum absolute atomic E-state index is 11.5. The summed E-state index contributed by atoms with van der Waals surface area (Å²) in [6.45, 7) is 4.55.